The van der Waals surface area contributed by atoms with Crippen molar-refractivity contribution in [1.29, 1.82) is 0 Å². The number of rotatable bonds is 5. The highest BCUT2D eigenvalue weighted by Gasteiger charge is 2.24. The maximum absolute atomic E-state index is 9.84. The lowest BCUT2D eigenvalue weighted by Gasteiger charge is -2.29. The summed E-state index contributed by atoms with van der Waals surface area (Å²) in [6.07, 6.45) is 11.9. The Morgan fingerprint density at radius 3 is 2.28 bits per heavy atom. The molecule has 0 bridgehead atoms. The third kappa shape index (κ3) is 5.24. The lowest BCUT2D eigenvalue weighted by molar-refractivity contribution is 0.126. The van der Waals surface area contributed by atoms with Crippen molar-refractivity contribution < 1.29 is 5.11 Å². The van der Waals surface area contributed by atoms with Crippen LogP contribution < -0.4 is 10.6 Å². The van der Waals surface area contributed by atoms with Crippen molar-refractivity contribution in [3.05, 3.63) is 35.3 Å². The van der Waals surface area contributed by atoms with E-state index >= 15 is 0 Å². The van der Waals surface area contributed by atoms with Gasteiger partial charge in [0.05, 0.1) is 6.10 Å². The van der Waals surface area contributed by atoms with E-state index in [2.05, 4.69) is 20.6 Å². The first-order valence-electron chi connectivity index (χ1n) is 11.1. The van der Waals surface area contributed by atoms with Crippen LogP contribution in [0.1, 0.15) is 80.7 Å². The van der Waals surface area contributed by atoms with Gasteiger partial charge in [-0.15, -0.1) is 0 Å². The molecule has 4 rings (SSSR count). The normalized spacial score (nSPS) is 23.0. The summed E-state index contributed by atoms with van der Waals surface area (Å²) in [6.45, 7) is 3.99. The number of aryl methyl sites for hydroxylation is 2. The molecule has 0 aromatic carbocycles. The maximum Gasteiger partial charge on any atom is 0.229 e. The SMILES string of the molecule is Cc1cc(Nc2ncc(C3CCCCC3)c(NC3CCC(O)CC3)n2)cc(C)n1. The molecule has 2 aliphatic rings. The Hall–Kier alpha value is -2.21. The molecule has 156 valence electrons. The van der Waals surface area contributed by atoms with Crippen LogP contribution >= 0.6 is 0 Å². The Balaban J connectivity index is 1.58. The summed E-state index contributed by atoms with van der Waals surface area (Å²) in [5, 5.41) is 16.9. The van der Waals surface area contributed by atoms with Crippen LogP contribution in [-0.4, -0.2) is 32.2 Å². The van der Waals surface area contributed by atoms with Gasteiger partial charge in [0.2, 0.25) is 5.95 Å². The topological polar surface area (TPSA) is 83.0 Å². The fraction of sp³-hybridized carbons (Fsp3) is 0.609. The predicted molar refractivity (Wildman–Crippen MR) is 117 cm³/mol. The van der Waals surface area contributed by atoms with Crippen LogP contribution in [0.2, 0.25) is 0 Å². The van der Waals surface area contributed by atoms with E-state index in [1.165, 1.54) is 37.7 Å². The number of pyridine rings is 1. The molecule has 0 unspecified atom stereocenters. The Morgan fingerprint density at radius 2 is 1.59 bits per heavy atom. The zero-order valence-corrected chi connectivity index (χ0v) is 17.6. The molecule has 0 radical (unpaired) electrons. The highest BCUT2D eigenvalue weighted by atomic mass is 16.3. The average molecular weight is 396 g/mol. The molecule has 2 saturated carbocycles. The number of aromatic nitrogens is 3. The van der Waals surface area contributed by atoms with E-state index < -0.39 is 0 Å². The van der Waals surface area contributed by atoms with Gasteiger partial charge >= 0.3 is 0 Å². The zero-order valence-electron chi connectivity index (χ0n) is 17.6. The minimum absolute atomic E-state index is 0.147. The van der Waals surface area contributed by atoms with Crippen molar-refractivity contribution in [2.75, 3.05) is 10.6 Å². The van der Waals surface area contributed by atoms with E-state index in [0.29, 0.717) is 17.9 Å². The molecule has 0 spiro atoms. The molecule has 2 aromatic heterocycles. The van der Waals surface area contributed by atoms with E-state index in [9.17, 15) is 5.11 Å². The molecule has 2 heterocycles. The second-order valence-corrected chi connectivity index (χ2v) is 8.75. The molecular weight excluding hydrogens is 362 g/mol. The fourth-order valence-electron chi connectivity index (χ4n) is 4.73. The number of hydrogen-bond donors (Lipinski definition) is 3. The van der Waals surface area contributed by atoms with Gasteiger partial charge in [0.25, 0.3) is 0 Å². The van der Waals surface area contributed by atoms with Crippen LogP contribution in [-0.2, 0) is 0 Å². The molecule has 29 heavy (non-hydrogen) atoms. The van der Waals surface area contributed by atoms with Gasteiger partial charge in [-0.2, -0.15) is 4.98 Å². The molecule has 2 aliphatic carbocycles. The predicted octanol–water partition coefficient (Wildman–Crippen LogP) is 5.00. The quantitative estimate of drug-likeness (QED) is 0.661. The van der Waals surface area contributed by atoms with E-state index in [0.717, 1.165) is 48.6 Å². The molecule has 2 fully saturated rings. The summed E-state index contributed by atoms with van der Waals surface area (Å²) < 4.78 is 0. The number of nitrogens with one attached hydrogen (secondary N) is 2. The van der Waals surface area contributed by atoms with Crippen LogP contribution in [0.25, 0.3) is 0 Å². The van der Waals surface area contributed by atoms with Crippen molar-refractivity contribution in [2.45, 2.75) is 89.7 Å². The van der Waals surface area contributed by atoms with Crippen molar-refractivity contribution in [3.63, 3.8) is 0 Å². The van der Waals surface area contributed by atoms with Gasteiger partial charge in [-0.3, -0.25) is 4.98 Å². The van der Waals surface area contributed by atoms with Gasteiger partial charge in [0.1, 0.15) is 5.82 Å². The summed E-state index contributed by atoms with van der Waals surface area (Å²) in [7, 11) is 0. The fourth-order valence-corrected chi connectivity index (χ4v) is 4.73. The smallest absolute Gasteiger partial charge is 0.229 e. The minimum Gasteiger partial charge on any atom is -0.393 e. The molecule has 0 saturated heterocycles. The van der Waals surface area contributed by atoms with Crippen molar-refractivity contribution in [3.8, 4) is 0 Å². The lowest BCUT2D eigenvalue weighted by atomic mass is 9.84. The van der Waals surface area contributed by atoms with E-state index in [4.69, 9.17) is 4.98 Å². The Labute approximate surface area is 173 Å². The molecule has 6 nitrogen and oxygen atoms in total. The highest BCUT2D eigenvalue weighted by molar-refractivity contribution is 5.57. The zero-order chi connectivity index (χ0) is 20.2. The first-order valence-corrected chi connectivity index (χ1v) is 11.1. The second kappa shape index (κ2) is 9.08. The van der Waals surface area contributed by atoms with Gasteiger partial charge in [-0.05, 0) is 70.4 Å². The average Bonchev–Trinajstić information content (AvgIpc) is 2.70. The third-order valence-electron chi connectivity index (χ3n) is 6.24. The molecule has 0 atom stereocenters. The lowest BCUT2D eigenvalue weighted by Crippen LogP contribution is -2.29. The largest absolute Gasteiger partial charge is 0.393 e. The molecular formula is C23H33N5O. The number of nitrogens with zero attached hydrogens (tertiary/aromatic N) is 3. The monoisotopic (exact) mass is 395 g/mol. The van der Waals surface area contributed by atoms with E-state index in [1.807, 2.05) is 32.2 Å². The van der Waals surface area contributed by atoms with Crippen LogP contribution in [0.4, 0.5) is 17.5 Å². The first-order chi connectivity index (χ1) is 14.1. The van der Waals surface area contributed by atoms with Crippen LogP contribution in [0, 0.1) is 13.8 Å². The van der Waals surface area contributed by atoms with Crippen LogP contribution in [0.15, 0.2) is 18.3 Å². The van der Waals surface area contributed by atoms with Gasteiger partial charge < -0.3 is 15.7 Å². The summed E-state index contributed by atoms with van der Waals surface area (Å²) >= 11 is 0. The van der Waals surface area contributed by atoms with Gasteiger partial charge in [0.15, 0.2) is 0 Å². The maximum atomic E-state index is 9.84. The number of hydrogen-bond acceptors (Lipinski definition) is 6. The number of aliphatic hydroxyl groups excluding tert-OH is 1. The summed E-state index contributed by atoms with van der Waals surface area (Å²) in [5.41, 5.74) is 4.17. The molecule has 2 aromatic rings. The summed E-state index contributed by atoms with van der Waals surface area (Å²) in [4.78, 5) is 14.0. The molecule has 0 aliphatic heterocycles. The van der Waals surface area contributed by atoms with E-state index in [-0.39, 0.29) is 6.10 Å². The van der Waals surface area contributed by atoms with E-state index in [1.54, 1.807) is 0 Å². The second-order valence-electron chi connectivity index (χ2n) is 8.75. The summed E-state index contributed by atoms with van der Waals surface area (Å²) in [5.74, 6) is 2.13. The third-order valence-corrected chi connectivity index (χ3v) is 6.24. The number of anilines is 3. The van der Waals surface area contributed by atoms with Crippen molar-refractivity contribution in [1.82, 2.24) is 15.0 Å². The Bertz CT molecular complexity index is 806. The van der Waals surface area contributed by atoms with Gasteiger partial charge in [-0.1, -0.05) is 19.3 Å². The van der Waals surface area contributed by atoms with Crippen molar-refractivity contribution >= 4 is 17.5 Å². The van der Waals surface area contributed by atoms with Crippen LogP contribution in [0.5, 0.6) is 0 Å². The first kappa shape index (κ1) is 20.1. The molecule has 0 amide bonds. The standard InChI is InChI=1S/C23H33N5O/c1-15-12-19(13-16(2)25-15)27-23-24-14-21(17-6-4-3-5-7-17)22(28-23)26-18-8-10-20(29)11-9-18/h12-14,17-18,20,29H,3-11H2,1-2H3,(H2,24,25,26,27,28). The van der Waals surface area contributed by atoms with Crippen LogP contribution in [0.3, 0.4) is 0 Å². The van der Waals surface area contributed by atoms with Gasteiger partial charge in [-0.25, -0.2) is 4.98 Å². The molecule has 6 heteroatoms. The Morgan fingerprint density at radius 1 is 0.897 bits per heavy atom. The summed E-state index contributed by atoms with van der Waals surface area (Å²) in [6, 6.07) is 4.40. The van der Waals surface area contributed by atoms with Crippen molar-refractivity contribution in [2.24, 2.45) is 0 Å². The number of aliphatic hydroxyl groups is 1. The van der Waals surface area contributed by atoms with Gasteiger partial charge in [0, 0.05) is 34.9 Å². The Kier molecular flexibility index (Phi) is 6.28. The minimum atomic E-state index is -0.147. The highest BCUT2D eigenvalue weighted by Crippen LogP contribution is 2.37. The molecule has 3 N–H and O–H groups in total.